The molecule has 1 unspecified atom stereocenters. The van der Waals surface area contributed by atoms with Gasteiger partial charge in [0.25, 0.3) is 0 Å². The summed E-state index contributed by atoms with van der Waals surface area (Å²) in [6, 6.07) is 9.75. The van der Waals surface area contributed by atoms with Gasteiger partial charge in [-0.3, -0.25) is 9.59 Å². The molecule has 7 nitrogen and oxygen atoms in total. The van der Waals surface area contributed by atoms with Crippen LogP contribution in [0.1, 0.15) is 36.1 Å². The van der Waals surface area contributed by atoms with Crippen LogP contribution >= 0.6 is 23.1 Å². The Hall–Kier alpha value is -2.39. The van der Waals surface area contributed by atoms with E-state index < -0.39 is 0 Å². The first-order chi connectivity index (χ1) is 14.1. The number of para-hydroxylation sites is 1. The summed E-state index contributed by atoms with van der Waals surface area (Å²) in [5, 5.41) is 7.41. The molecule has 9 heteroatoms. The van der Waals surface area contributed by atoms with Gasteiger partial charge in [0.15, 0.2) is 5.82 Å². The number of nitrogens with one attached hydrogen (secondary N) is 1. The molecule has 3 aromatic rings. The normalized spacial score (nSPS) is 16.9. The van der Waals surface area contributed by atoms with Crippen molar-refractivity contribution in [2.24, 2.45) is 0 Å². The maximum absolute atomic E-state index is 12.9. The Bertz CT molecular complexity index is 983. The number of fused-ring (bicyclic) bond motifs is 1. The summed E-state index contributed by atoms with van der Waals surface area (Å²) < 4.78 is 6.07. The van der Waals surface area contributed by atoms with Crippen LogP contribution in [-0.4, -0.2) is 44.9 Å². The molecule has 0 bridgehead atoms. The Morgan fingerprint density at radius 3 is 2.97 bits per heavy atom. The van der Waals surface area contributed by atoms with E-state index in [1.165, 1.54) is 11.8 Å². The summed E-state index contributed by atoms with van der Waals surface area (Å²) in [6.45, 7) is 2.50. The van der Waals surface area contributed by atoms with E-state index in [2.05, 4.69) is 16.5 Å². The second kappa shape index (κ2) is 8.96. The first-order valence-electron chi connectivity index (χ1n) is 9.56. The number of rotatable bonds is 6. The Labute approximate surface area is 176 Å². The lowest BCUT2D eigenvalue weighted by Crippen LogP contribution is -2.39. The number of carbonyl (C=O) groups excluding carboxylic acids is 2. The second-order valence-electron chi connectivity index (χ2n) is 6.98. The molecule has 152 valence electrons. The molecular weight excluding hydrogens is 408 g/mol. The van der Waals surface area contributed by atoms with Crippen molar-refractivity contribution >= 4 is 50.9 Å². The van der Waals surface area contributed by atoms with Gasteiger partial charge in [0.2, 0.25) is 11.8 Å². The maximum Gasteiger partial charge on any atom is 0.235 e. The van der Waals surface area contributed by atoms with Gasteiger partial charge in [0, 0.05) is 12.6 Å². The molecule has 2 aromatic heterocycles. The number of hydrogen-bond acceptors (Lipinski definition) is 7. The number of hydrogen-bond donors (Lipinski definition) is 1. The van der Waals surface area contributed by atoms with Crippen LogP contribution in [0.2, 0.25) is 0 Å². The van der Waals surface area contributed by atoms with Gasteiger partial charge in [-0.2, -0.15) is 0 Å². The third kappa shape index (κ3) is 4.79. The molecule has 1 fully saturated rings. The molecule has 4 rings (SSSR count). The van der Waals surface area contributed by atoms with Gasteiger partial charge in [0.1, 0.15) is 10.8 Å². The minimum atomic E-state index is -0.197. The van der Waals surface area contributed by atoms with Crippen molar-refractivity contribution in [3.05, 3.63) is 41.1 Å². The minimum Gasteiger partial charge on any atom is -0.360 e. The third-order valence-corrected chi connectivity index (χ3v) is 6.83. The van der Waals surface area contributed by atoms with Gasteiger partial charge in [-0.1, -0.05) is 17.3 Å². The summed E-state index contributed by atoms with van der Waals surface area (Å²) in [5.41, 5.74) is 0.986. The highest BCUT2D eigenvalue weighted by molar-refractivity contribution is 8.00. The summed E-state index contributed by atoms with van der Waals surface area (Å²) in [5.74, 6) is 1.35. The standard InChI is InChI=1S/C20H22N4O3S2/c1-13-10-17(23-27-13)22-18(25)11-28-12-19(26)24-9-5-4-7-15(24)20-21-14-6-2-3-8-16(14)29-20/h2-3,6,8,10,15H,4-5,7,9,11-12H2,1H3,(H,22,23,25). The smallest absolute Gasteiger partial charge is 0.235 e. The fraction of sp³-hybridized carbons (Fsp3) is 0.400. The van der Waals surface area contributed by atoms with Crippen molar-refractivity contribution in [1.29, 1.82) is 0 Å². The number of amides is 2. The van der Waals surface area contributed by atoms with E-state index in [0.717, 1.165) is 41.0 Å². The highest BCUT2D eigenvalue weighted by Gasteiger charge is 2.30. The lowest BCUT2D eigenvalue weighted by Gasteiger charge is -2.34. The van der Waals surface area contributed by atoms with Crippen LogP contribution in [0.4, 0.5) is 5.82 Å². The highest BCUT2D eigenvalue weighted by atomic mass is 32.2. The lowest BCUT2D eigenvalue weighted by molar-refractivity contribution is -0.132. The molecule has 1 aliphatic heterocycles. The summed E-state index contributed by atoms with van der Waals surface area (Å²) in [4.78, 5) is 31.6. The van der Waals surface area contributed by atoms with Crippen LogP contribution in [-0.2, 0) is 9.59 Å². The lowest BCUT2D eigenvalue weighted by atomic mass is 10.0. The van der Waals surface area contributed by atoms with Crippen molar-refractivity contribution in [1.82, 2.24) is 15.0 Å². The SMILES string of the molecule is Cc1cc(NC(=O)CSCC(=O)N2CCCCC2c2nc3ccccc3s2)no1. The zero-order chi connectivity index (χ0) is 20.2. The van der Waals surface area contributed by atoms with Gasteiger partial charge < -0.3 is 14.7 Å². The fourth-order valence-corrected chi connectivity index (χ4v) is 5.25. The zero-order valence-corrected chi connectivity index (χ0v) is 17.7. The molecule has 0 aliphatic carbocycles. The van der Waals surface area contributed by atoms with E-state index in [0.29, 0.717) is 11.6 Å². The highest BCUT2D eigenvalue weighted by Crippen LogP contribution is 2.35. The quantitative estimate of drug-likeness (QED) is 0.635. The Balaban J connectivity index is 1.34. The number of anilines is 1. The predicted octanol–water partition coefficient (Wildman–Crippen LogP) is 4.02. The summed E-state index contributed by atoms with van der Waals surface area (Å²) in [6.07, 6.45) is 3.03. The van der Waals surface area contributed by atoms with E-state index in [1.54, 1.807) is 24.3 Å². The first-order valence-corrected chi connectivity index (χ1v) is 11.5. The molecule has 1 saturated heterocycles. The number of thioether (sulfide) groups is 1. The molecular formula is C20H22N4O3S2. The maximum atomic E-state index is 12.9. The Morgan fingerprint density at radius 2 is 2.17 bits per heavy atom. The second-order valence-corrected chi connectivity index (χ2v) is 9.03. The molecule has 1 N–H and O–H groups in total. The topological polar surface area (TPSA) is 88.3 Å². The van der Waals surface area contributed by atoms with Crippen molar-refractivity contribution in [2.75, 3.05) is 23.4 Å². The first kappa shape index (κ1) is 19.9. The molecule has 29 heavy (non-hydrogen) atoms. The molecule has 1 aromatic carbocycles. The molecule has 1 atom stereocenters. The van der Waals surface area contributed by atoms with Gasteiger partial charge in [-0.05, 0) is 38.3 Å². The summed E-state index contributed by atoms with van der Waals surface area (Å²) >= 11 is 2.98. The molecule has 2 amide bonds. The van der Waals surface area contributed by atoms with Crippen LogP contribution in [0, 0.1) is 6.92 Å². The largest absolute Gasteiger partial charge is 0.360 e. The Kier molecular flexibility index (Phi) is 6.15. The number of aromatic nitrogens is 2. The monoisotopic (exact) mass is 430 g/mol. The van der Waals surface area contributed by atoms with E-state index >= 15 is 0 Å². The third-order valence-electron chi connectivity index (χ3n) is 4.77. The van der Waals surface area contributed by atoms with Gasteiger partial charge in [0.05, 0.1) is 27.8 Å². The number of carbonyl (C=O) groups is 2. The Morgan fingerprint density at radius 1 is 1.31 bits per heavy atom. The van der Waals surface area contributed by atoms with Crippen LogP contribution < -0.4 is 5.32 Å². The number of nitrogens with zero attached hydrogens (tertiary/aromatic N) is 3. The van der Waals surface area contributed by atoms with E-state index in [-0.39, 0.29) is 29.4 Å². The average Bonchev–Trinajstić information content (AvgIpc) is 3.33. The molecule has 0 spiro atoms. The number of benzene rings is 1. The summed E-state index contributed by atoms with van der Waals surface area (Å²) in [7, 11) is 0. The molecule has 0 radical (unpaired) electrons. The van der Waals surface area contributed by atoms with Crippen molar-refractivity contribution in [3.63, 3.8) is 0 Å². The van der Waals surface area contributed by atoms with E-state index in [1.807, 2.05) is 23.1 Å². The van der Waals surface area contributed by atoms with Crippen molar-refractivity contribution in [3.8, 4) is 0 Å². The zero-order valence-electron chi connectivity index (χ0n) is 16.1. The predicted molar refractivity (Wildman–Crippen MR) is 115 cm³/mol. The van der Waals surface area contributed by atoms with E-state index in [9.17, 15) is 9.59 Å². The van der Waals surface area contributed by atoms with E-state index in [4.69, 9.17) is 9.51 Å². The number of likely N-dealkylation sites (tertiary alicyclic amines) is 1. The fourth-order valence-electron chi connectivity index (χ4n) is 3.44. The number of piperidine rings is 1. The number of thiazole rings is 1. The van der Waals surface area contributed by atoms with Crippen LogP contribution in [0.3, 0.4) is 0 Å². The van der Waals surface area contributed by atoms with Crippen LogP contribution in [0.5, 0.6) is 0 Å². The van der Waals surface area contributed by atoms with Gasteiger partial charge in [-0.25, -0.2) is 4.98 Å². The average molecular weight is 431 g/mol. The van der Waals surface area contributed by atoms with Gasteiger partial charge in [-0.15, -0.1) is 23.1 Å². The van der Waals surface area contributed by atoms with Crippen molar-refractivity contribution < 1.29 is 14.1 Å². The van der Waals surface area contributed by atoms with Crippen LogP contribution in [0.25, 0.3) is 10.2 Å². The number of aryl methyl sites for hydroxylation is 1. The molecule has 1 aliphatic rings. The molecule has 3 heterocycles. The molecule has 0 saturated carbocycles. The van der Waals surface area contributed by atoms with Crippen molar-refractivity contribution in [2.45, 2.75) is 32.2 Å². The minimum absolute atomic E-state index is 0.0289. The van der Waals surface area contributed by atoms with Crippen LogP contribution in [0.15, 0.2) is 34.9 Å². The van der Waals surface area contributed by atoms with Gasteiger partial charge >= 0.3 is 0 Å².